The fraction of sp³-hybridized carbons (Fsp3) is 0.364. The average molecular weight is 323 g/mol. The van der Waals surface area contributed by atoms with E-state index < -0.39 is 18.7 Å². The van der Waals surface area contributed by atoms with Gasteiger partial charge in [-0.05, 0) is 24.6 Å². The van der Waals surface area contributed by atoms with Crippen LogP contribution in [-0.4, -0.2) is 27.4 Å². The van der Waals surface area contributed by atoms with Crippen LogP contribution in [0.4, 0.5) is 13.2 Å². The fourth-order valence-corrected chi connectivity index (χ4v) is 2.27. The molecule has 1 atom stereocenters. The normalized spacial score (nSPS) is 14.1. The number of aliphatic hydroxyl groups is 1. The largest absolute Gasteiger partial charge is 0.414 e. The number of imidazole rings is 1. The summed E-state index contributed by atoms with van der Waals surface area (Å²) in [5.74, 6) is 0.121. The number of halogens is 4. The lowest BCUT2D eigenvalue weighted by Gasteiger charge is -2.12. The number of hydrogen-bond donors (Lipinski definition) is 2. The summed E-state index contributed by atoms with van der Waals surface area (Å²) in [7, 11) is 0. The first-order chi connectivity index (χ1) is 8.27. The molecule has 0 fully saturated rings. The second kappa shape index (κ2) is 4.55. The van der Waals surface area contributed by atoms with Crippen LogP contribution in [0.1, 0.15) is 11.4 Å². The lowest BCUT2D eigenvalue weighted by Crippen LogP contribution is -2.30. The number of aliphatic hydroxyl groups excluding tert-OH is 1. The summed E-state index contributed by atoms with van der Waals surface area (Å²) in [6.45, 7) is 1.82. The van der Waals surface area contributed by atoms with Crippen LogP contribution in [-0.2, 0) is 6.42 Å². The van der Waals surface area contributed by atoms with Crippen molar-refractivity contribution in [2.45, 2.75) is 25.6 Å². The highest BCUT2D eigenvalue weighted by atomic mass is 79.9. The Kier molecular flexibility index (Phi) is 3.37. The van der Waals surface area contributed by atoms with Gasteiger partial charge in [0, 0.05) is 10.9 Å². The van der Waals surface area contributed by atoms with Gasteiger partial charge in [0.05, 0.1) is 11.0 Å². The van der Waals surface area contributed by atoms with E-state index in [2.05, 4.69) is 25.9 Å². The quantitative estimate of drug-likeness (QED) is 0.892. The highest BCUT2D eigenvalue weighted by molar-refractivity contribution is 9.10. The molecule has 98 valence electrons. The van der Waals surface area contributed by atoms with Gasteiger partial charge in [-0.2, -0.15) is 13.2 Å². The molecule has 2 N–H and O–H groups in total. The number of hydrogen-bond acceptors (Lipinski definition) is 2. The molecule has 0 radical (unpaired) electrons. The molecule has 0 aliphatic rings. The number of aryl methyl sites for hydroxylation is 1. The Labute approximate surface area is 109 Å². The maximum Gasteiger partial charge on any atom is 0.414 e. The molecule has 18 heavy (non-hydrogen) atoms. The van der Waals surface area contributed by atoms with Gasteiger partial charge < -0.3 is 10.1 Å². The van der Waals surface area contributed by atoms with Crippen LogP contribution < -0.4 is 0 Å². The van der Waals surface area contributed by atoms with Crippen molar-refractivity contribution in [3.8, 4) is 0 Å². The Morgan fingerprint density at radius 2 is 2.11 bits per heavy atom. The van der Waals surface area contributed by atoms with Crippen LogP contribution in [0.5, 0.6) is 0 Å². The molecule has 1 aromatic carbocycles. The minimum Gasteiger partial charge on any atom is -0.383 e. The second-order valence-corrected chi connectivity index (χ2v) is 4.98. The van der Waals surface area contributed by atoms with Crippen molar-refractivity contribution in [2.24, 2.45) is 0 Å². The summed E-state index contributed by atoms with van der Waals surface area (Å²) in [5.41, 5.74) is 2.11. The zero-order valence-corrected chi connectivity index (χ0v) is 10.9. The van der Waals surface area contributed by atoms with Crippen molar-refractivity contribution < 1.29 is 18.3 Å². The summed E-state index contributed by atoms with van der Waals surface area (Å²) in [5, 5.41) is 8.99. The predicted molar refractivity (Wildman–Crippen MR) is 64.3 cm³/mol. The number of aromatic amines is 1. The van der Waals surface area contributed by atoms with E-state index in [1.54, 1.807) is 6.07 Å². The topological polar surface area (TPSA) is 48.9 Å². The molecule has 1 unspecified atom stereocenters. The van der Waals surface area contributed by atoms with Gasteiger partial charge >= 0.3 is 6.18 Å². The van der Waals surface area contributed by atoms with E-state index in [1.165, 1.54) is 0 Å². The zero-order chi connectivity index (χ0) is 13.5. The maximum atomic E-state index is 12.2. The first kappa shape index (κ1) is 13.4. The summed E-state index contributed by atoms with van der Waals surface area (Å²) >= 11 is 3.30. The highest BCUT2D eigenvalue weighted by Crippen LogP contribution is 2.25. The molecule has 3 nitrogen and oxygen atoms in total. The number of rotatable bonds is 2. The van der Waals surface area contributed by atoms with Crippen LogP contribution in [0.2, 0.25) is 0 Å². The van der Waals surface area contributed by atoms with Gasteiger partial charge in [0.1, 0.15) is 5.82 Å². The van der Waals surface area contributed by atoms with E-state index in [-0.39, 0.29) is 5.82 Å². The van der Waals surface area contributed by atoms with E-state index in [4.69, 9.17) is 5.11 Å². The SMILES string of the molecule is Cc1cc(Br)cc2[nH]c(CC(O)C(F)(F)F)nc12. The highest BCUT2D eigenvalue weighted by Gasteiger charge is 2.38. The van der Waals surface area contributed by atoms with Crippen LogP contribution in [0.25, 0.3) is 11.0 Å². The van der Waals surface area contributed by atoms with Crippen LogP contribution in [0, 0.1) is 6.92 Å². The molecule has 1 heterocycles. The van der Waals surface area contributed by atoms with Crippen molar-refractivity contribution >= 4 is 27.0 Å². The van der Waals surface area contributed by atoms with Crippen molar-refractivity contribution in [2.75, 3.05) is 0 Å². The molecule has 0 bridgehead atoms. The van der Waals surface area contributed by atoms with Gasteiger partial charge in [-0.3, -0.25) is 0 Å². The Morgan fingerprint density at radius 1 is 1.44 bits per heavy atom. The maximum absolute atomic E-state index is 12.2. The summed E-state index contributed by atoms with van der Waals surface area (Å²) in [6.07, 6.45) is -7.61. The Bertz CT molecular complexity index is 579. The van der Waals surface area contributed by atoms with Gasteiger partial charge in [-0.25, -0.2) is 4.98 Å². The van der Waals surface area contributed by atoms with Gasteiger partial charge in [-0.15, -0.1) is 0 Å². The number of fused-ring (bicyclic) bond motifs is 1. The van der Waals surface area contributed by atoms with Gasteiger partial charge in [-0.1, -0.05) is 15.9 Å². The summed E-state index contributed by atoms with van der Waals surface area (Å²) in [6, 6.07) is 3.56. The monoisotopic (exact) mass is 322 g/mol. The van der Waals surface area contributed by atoms with Crippen LogP contribution >= 0.6 is 15.9 Å². The van der Waals surface area contributed by atoms with E-state index >= 15 is 0 Å². The molecule has 0 aliphatic heterocycles. The van der Waals surface area contributed by atoms with Crippen molar-refractivity contribution in [1.29, 1.82) is 0 Å². The minimum atomic E-state index is -4.63. The number of nitrogens with zero attached hydrogens (tertiary/aromatic N) is 1. The Hall–Kier alpha value is -1.08. The molecular weight excluding hydrogens is 313 g/mol. The molecule has 2 rings (SSSR count). The number of nitrogens with one attached hydrogen (secondary N) is 1. The van der Waals surface area contributed by atoms with Gasteiger partial charge in [0.2, 0.25) is 0 Å². The third-order valence-electron chi connectivity index (χ3n) is 2.56. The number of alkyl halides is 3. The predicted octanol–water partition coefficient (Wildman–Crippen LogP) is 3.10. The lowest BCUT2D eigenvalue weighted by atomic mass is 10.2. The first-order valence-electron chi connectivity index (χ1n) is 5.17. The van der Waals surface area contributed by atoms with E-state index in [9.17, 15) is 13.2 Å². The van der Waals surface area contributed by atoms with E-state index in [1.807, 2.05) is 13.0 Å². The molecule has 0 saturated carbocycles. The third kappa shape index (κ3) is 2.67. The smallest absolute Gasteiger partial charge is 0.383 e. The van der Waals surface area contributed by atoms with E-state index in [0.29, 0.717) is 11.0 Å². The molecule has 0 spiro atoms. The molecule has 1 aromatic heterocycles. The number of benzene rings is 1. The second-order valence-electron chi connectivity index (χ2n) is 4.06. The van der Waals surface area contributed by atoms with Crippen LogP contribution in [0.3, 0.4) is 0 Å². The van der Waals surface area contributed by atoms with Crippen molar-refractivity contribution in [3.63, 3.8) is 0 Å². The zero-order valence-electron chi connectivity index (χ0n) is 9.35. The molecule has 2 aromatic rings. The fourth-order valence-electron chi connectivity index (χ4n) is 1.69. The molecule has 0 amide bonds. The average Bonchev–Trinajstić information content (AvgIpc) is 2.58. The molecule has 0 saturated heterocycles. The first-order valence-corrected chi connectivity index (χ1v) is 5.96. The standard InChI is InChI=1S/C11H10BrF3N2O/c1-5-2-6(12)3-7-10(5)17-9(16-7)4-8(18)11(13,14)15/h2-3,8,18H,4H2,1H3,(H,16,17). The van der Waals surface area contributed by atoms with E-state index in [0.717, 1.165) is 10.0 Å². The Morgan fingerprint density at radius 3 is 2.72 bits per heavy atom. The molecule has 7 heteroatoms. The Balaban J connectivity index is 2.34. The summed E-state index contributed by atoms with van der Waals surface area (Å²) < 4.78 is 37.5. The van der Waals surface area contributed by atoms with Crippen molar-refractivity contribution in [3.05, 3.63) is 28.0 Å². The van der Waals surface area contributed by atoms with Gasteiger partial charge in [0.25, 0.3) is 0 Å². The summed E-state index contributed by atoms with van der Waals surface area (Å²) in [4.78, 5) is 6.85. The number of aromatic nitrogens is 2. The minimum absolute atomic E-state index is 0.121. The number of H-pyrrole nitrogens is 1. The molecular formula is C11H10BrF3N2O. The third-order valence-corrected chi connectivity index (χ3v) is 3.01. The molecule has 0 aliphatic carbocycles. The van der Waals surface area contributed by atoms with Crippen molar-refractivity contribution in [1.82, 2.24) is 9.97 Å². The lowest BCUT2D eigenvalue weighted by molar-refractivity contribution is -0.203. The van der Waals surface area contributed by atoms with Gasteiger partial charge in [0.15, 0.2) is 6.10 Å². The van der Waals surface area contributed by atoms with Crippen LogP contribution in [0.15, 0.2) is 16.6 Å².